The molecular weight excluding hydrogens is 282 g/mol. The van der Waals surface area contributed by atoms with Crippen molar-refractivity contribution in [2.24, 2.45) is 5.41 Å². The van der Waals surface area contributed by atoms with Crippen LogP contribution in [0.5, 0.6) is 0 Å². The van der Waals surface area contributed by atoms with Gasteiger partial charge in [-0.05, 0) is 24.6 Å². The van der Waals surface area contributed by atoms with E-state index < -0.39 is 21.4 Å². The Morgan fingerprint density at radius 3 is 2.45 bits per heavy atom. The number of benzene rings is 1. The first-order valence-corrected chi connectivity index (χ1v) is 7.52. The Morgan fingerprint density at radius 1 is 1.35 bits per heavy atom. The molecule has 0 atom stereocenters. The second kappa shape index (κ2) is 5.90. The Morgan fingerprint density at radius 2 is 1.95 bits per heavy atom. The van der Waals surface area contributed by atoms with Gasteiger partial charge in [-0.1, -0.05) is 19.9 Å². The molecule has 0 aliphatic heterocycles. The summed E-state index contributed by atoms with van der Waals surface area (Å²) in [5.74, 6) is -1.17. The van der Waals surface area contributed by atoms with Crippen LogP contribution in [0.3, 0.4) is 0 Å². The van der Waals surface area contributed by atoms with Crippen molar-refractivity contribution >= 4 is 16.0 Å². The van der Waals surface area contributed by atoms with Crippen molar-refractivity contribution in [2.75, 3.05) is 13.2 Å². The molecule has 0 saturated carbocycles. The zero-order chi connectivity index (χ0) is 15.6. The van der Waals surface area contributed by atoms with E-state index in [4.69, 9.17) is 10.2 Å². The van der Waals surface area contributed by atoms with Gasteiger partial charge in [0.15, 0.2) is 0 Å². The third-order valence-electron chi connectivity index (χ3n) is 2.92. The number of nitrogens with one attached hydrogen (secondary N) is 1. The third kappa shape index (κ3) is 4.03. The van der Waals surface area contributed by atoms with Crippen LogP contribution in [0, 0.1) is 12.3 Å². The van der Waals surface area contributed by atoms with E-state index in [1.807, 2.05) is 0 Å². The molecule has 112 valence electrons. The SMILES string of the molecule is Cc1ccc(S(=O)(=O)NCC(C)(C)CO)cc1C(=O)O. The third-order valence-corrected chi connectivity index (χ3v) is 4.32. The predicted octanol–water partition coefficient (Wildman–Crippen LogP) is 0.990. The number of aromatic carboxylic acids is 1. The summed E-state index contributed by atoms with van der Waals surface area (Å²) >= 11 is 0. The molecule has 0 aliphatic rings. The minimum Gasteiger partial charge on any atom is -0.478 e. The number of hydrogen-bond donors (Lipinski definition) is 3. The van der Waals surface area contributed by atoms with Gasteiger partial charge in [0.2, 0.25) is 10.0 Å². The molecule has 0 fully saturated rings. The summed E-state index contributed by atoms with van der Waals surface area (Å²) in [7, 11) is -3.80. The van der Waals surface area contributed by atoms with E-state index in [1.54, 1.807) is 20.8 Å². The Hall–Kier alpha value is -1.44. The average molecular weight is 301 g/mol. The highest BCUT2D eigenvalue weighted by atomic mass is 32.2. The van der Waals surface area contributed by atoms with Gasteiger partial charge < -0.3 is 10.2 Å². The molecule has 1 rings (SSSR count). The monoisotopic (exact) mass is 301 g/mol. The lowest BCUT2D eigenvalue weighted by Crippen LogP contribution is -2.36. The van der Waals surface area contributed by atoms with Gasteiger partial charge in [0, 0.05) is 18.6 Å². The topological polar surface area (TPSA) is 104 Å². The van der Waals surface area contributed by atoms with Gasteiger partial charge >= 0.3 is 5.97 Å². The van der Waals surface area contributed by atoms with Crippen molar-refractivity contribution in [2.45, 2.75) is 25.7 Å². The molecule has 0 aromatic heterocycles. The fourth-order valence-electron chi connectivity index (χ4n) is 1.43. The van der Waals surface area contributed by atoms with Crippen LogP contribution in [-0.2, 0) is 10.0 Å². The molecule has 0 unspecified atom stereocenters. The normalized spacial score (nSPS) is 12.4. The largest absolute Gasteiger partial charge is 0.478 e. The van der Waals surface area contributed by atoms with Crippen LogP contribution < -0.4 is 4.72 Å². The molecule has 3 N–H and O–H groups in total. The van der Waals surface area contributed by atoms with Crippen molar-refractivity contribution in [3.05, 3.63) is 29.3 Å². The highest BCUT2D eigenvalue weighted by Gasteiger charge is 2.22. The minimum absolute atomic E-state index is 0.0470. The maximum Gasteiger partial charge on any atom is 0.335 e. The summed E-state index contributed by atoms with van der Waals surface area (Å²) < 4.78 is 26.6. The molecule has 1 aromatic carbocycles. The van der Waals surface area contributed by atoms with Crippen LogP contribution in [0.15, 0.2) is 23.1 Å². The fourth-order valence-corrected chi connectivity index (χ4v) is 2.70. The maximum absolute atomic E-state index is 12.1. The number of rotatable bonds is 6. The van der Waals surface area contributed by atoms with Gasteiger partial charge in [0.1, 0.15) is 0 Å². The van der Waals surface area contributed by atoms with E-state index in [9.17, 15) is 13.2 Å². The first kappa shape index (κ1) is 16.6. The molecular formula is C13H19NO5S. The number of carboxylic acid groups (broad SMARTS) is 1. The van der Waals surface area contributed by atoms with E-state index in [1.165, 1.54) is 12.1 Å². The van der Waals surface area contributed by atoms with Crippen LogP contribution in [0.25, 0.3) is 0 Å². The molecule has 6 nitrogen and oxygen atoms in total. The fraction of sp³-hybridized carbons (Fsp3) is 0.462. The van der Waals surface area contributed by atoms with Crippen LogP contribution in [-0.4, -0.2) is 37.8 Å². The molecule has 0 bridgehead atoms. The van der Waals surface area contributed by atoms with Crippen molar-refractivity contribution in [1.82, 2.24) is 4.72 Å². The Bertz CT molecular complexity index is 607. The second-order valence-electron chi connectivity index (χ2n) is 5.43. The average Bonchev–Trinajstić information content (AvgIpc) is 2.36. The van der Waals surface area contributed by atoms with Crippen LogP contribution in [0.2, 0.25) is 0 Å². The Labute approximate surface area is 118 Å². The van der Waals surface area contributed by atoms with Crippen LogP contribution in [0.1, 0.15) is 29.8 Å². The maximum atomic E-state index is 12.1. The van der Waals surface area contributed by atoms with Crippen molar-refractivity contribution in [3.8, 4) is 0 Å². The lowest BCUT2D eigenvalue weighted by atomic mass is 9.96. The highest BCUT2D eigenvalue weighted by molar-refractivity contribution is 7.89. The molecule has 0 radical (unpaired) electrons. The first-order valence-electron chi connectivity index (χ1n) is 6.03. The van der Waals surface area contributed by atoms with Gasteiger partial charge in [-0.3, -0.25) is 0 Å². The van der Waals surface area contributed by atoms with E-state index in [0.29, 0.717) is 5.56 Å². The van der Waals surface area contributed by atoms with Gasteiger partial charge in [0.25, 0.3) is 0 Å². The summed E-state index contributed by atoms with van der Waals surface area (Å²) in [4.78, 5) is 10.9. The van der Waals surface area contributed by atoms with Crippen molar-refractivity contribution in [1.29, 1.82) is 0 Å². The standard InChI is InChI=1S/C13H19NO5S/c1-9-4-5-10(6-11(9)12(16)17)20(18,19)14-7-13(2,3)8-15/h4-6,14-15H,7-8H2,1-3H3,(H,16,17). The van der Waals surface area contributed by atoms with Gasteiger partial charge in [-0.2, -0.15) is 0 Å². The molecule has 0 amide bonds. The summed E-state index contributed by atoms with van der Waals surface area (Å²) in [6.45, 7) is 4.93. The van der Waals surface area contributed by atoms with Crippen LogP contribution >= 0.6 is 0 Å². The highest BCUT2D eigenvalue weighted by Crippen LogP contribution is 2.17. The predicted molar refractivity (Wildman–Crippen MR) is 74.2 cm³/mol. The molecule has 20 heavy (non-hydrogen) atoms. The lowest BCUT2D eigenvalue weighted by Gasteiger charge is -2.21. The number of hydrogen-bond acceptors (Lipinski definition) is 4. The molecule has 0 heterocycles. The number of aliphatic hydroxyl groups is 1. The zero-order valence-electron chi connectivity index (χ0n) is 11.7. The van der Waals surface area contributed by atoms with E-state index in [2.05, 4.69) is 4.72 Å². The number of aliphatic hydroxyl groups excluding tert-OH is 1. The molecule has 7 heteroatoms. The van der Waals surface area contributed by atoms with Crippen molar-refractivity contribution in [3.63, 3.8) is 0 Å². The van der Waals surface area contributed by atoms with Gasteiger partial charge in [0.05, 0.1) is 10.5 Å². The second-order valence-corrected chi connectivity index (χ2v) is 7.20. The van der Waals surface area contributed by atoms with Gasteiger partial charge in [-0.15, -0.1) is 0 Å². The summed E-state index contributed by atoms with van der Waals surface area (Å²) in [6.07, 6.45) is 0. The van der Waals surface area contributed by atoms with Gasteiger partial charge in [-0.25, -0.2) is 17.9 Å². The van der Waals surface area contributed by atoms with E-state index in [-0.39, 0.29) is 23.6 Å². The molecule has 0 spiro atoms. The summed E-state index contributed by atoms with van der Waals surface area (Å²) in [6, 6.07) is 3.94. The first-order chi connectivity index (χ1) is 9.09. The molecule has 0 aliphatic carbocycles. The van der Waals surface area contributed by atoms with Crippen molar-refractivity contribution < 1.29 is 23.4 Å². The van der Waals surface area contributed by atoms with E-state index in [0.717, 1.165) is 6.07 Å². The van der Waals surface area contributed by atoms with E-state index >= 15 is 0 Å². The Balaban J connectivity index is 3.05. The summed E-state index contributed by atoms with van der Waals surface area (Å²) in [5, 5.41) is 18.1. The molecule has 0 saturated heterocycles. The number of carbonyl (C=O) groups is 1. The zero-order valence-corrected chi connectivity index (χ0v) is 12.5. The quantitative estimate of drug-likeness (QED) is 0.727. The summed E-state index contributed by atoms with van der Waals surface area (Å²) in [5.41, 5.74) is -0.144. The number of sulfonamides is 1. The minimum atomic E-state index is -3.80. The number of aryl methyl sites for hydroxylation is 1. The number of carboxylic acids is 1. The van der Waals surface area contributed by atoms with Crippen LogP contribution in [0.4, 0.5) is 0 Å². The smallest absolute Gasteiger partial charge is 0.335 e. The lowest BCUT2D eigenvalue weighted by molar-refractivity contribution is 0.0696. The Kier molecular flexibility index (Phi) is 4.90. The molecule has 1 aromatic rings.